The number of ether oxygens (including phenoxy) is 1. The predicted octanol–water partition coefficient (Wildman–Crippen LogP) is 2.28. The predicted molar refractivity (Wildman–Crippen MR) is 141 cm³/mol. The summed E-state index contributed by atoms with van der Waals surface area (Å²) in [4.78, 5) is 39.1. The molecule has 3 rings (SSSR count). The lowest BCUT2D eigenvalue weighted by atomic mass is 10.0. The molecule has 3 atom stereocenters. The minimum atomic E-state index is -0.981. The topological polar surface area (TPSA) is 131 Å². The van der Waals surface area contributed by atoms with Gasteiger partial charge in [-0.05, 0) is 42.2 Å². The summed E-state index contributed by atoms with van der Waals surface area (Å²) in [5, 5.41) is 15.1. The van der Waals surface area contributed by atoms with Gasteiger partial charge >= 0.3 is 5.97 Å². The third-order valence-corrected chi connectivity index (χ3v) is 5.81. The van der Waals surface area contributed by atoms with Crippen LogP contribution in [0.25, 0.3) is 0 Å². The number of nitrogens with one attached hydrogen (secondary N) is 2. The van der Waals surface area contributed by atoms with Crippen LogP contribution in [-0.4, -0.2) is 47.6 Å². The first kappa shape index (κ1) is 27.4. The van der Waals surface area contributed by atoms with Crippen LogP contribution in [0.1, 0.15) is 23.6 Å². The fraction of sp³-hybridized carbons (Fsp3) is 0.276. The number of nitrogens with two attached hydrogens (primary N) is 1. The van der Waals surface area contributed by atoms with Crippen molar-refractivity contribution >= 4 is 17.8 Å². The number of rotatable bonds is 12. The van der Waals surface area contributed by atoms with Crippen LogP contribution in [0.4, 0.5) is 0 Å². The molecule has 8 nitrogen and oxygen atoms in total. The van der Waals surface area contributed by atoms with Crippen LogP contribution in [-0.2, 0) is 38.4 Å². The Hall–Kier alpha value is -4.17. The lowest BCUT2D eigenvalue weighted by Crippen LogP contribution is -2.56. The largest absolute Gasteiger partial charge is 0.508 e. The molecule has 0 unspecified atom stereocenters. The minimum absolute atomic E-state index is 0.0953. The molecule has 0 fully saturated rings. The van der Waals surface area contributed by atoms with E-state index >= 15 is 0 Å². The van der Waals surface area contributed by atoms with Crippen molar-refractivity contribution in [3.63, 3.8) is 0 Å². The first-order valence-corrected chi connectivity index (χ1v) is 12.2. The molecule has 37 heavy (non-hydrogen) atoms. The fourth-order valence-corrected chi connectivity index (χ4v) is 3.87. The molecular formula is C29H33N3O5. The number of phenolic OH excluding ortho intramolecular Hbond substituents is 1. The summed E-state index contributed by atoms with van der Waals surface area (Å²) in [6.45, 7) is 1.84. The van der Waals surface area contributed by atoms with Gasteiger partial charge in [0.05, 0.1) is 12.6 Å². The maximum atomic E-state index is 13.4. The quantitative estimate of drug-likeness (QED) is 0.281. The van der Waals surface area contributed by atoms with Crippen molar-refractivity contribution in [1.29, 1.82) is 0 Å². The summed E-state index contributed by atoms with van der Waals surface area (Å²) < 4.78 is 5.17. The number of hydrogen-bond donors (Lipinski definition) is 4. The Morgan fingerprint density at radius 3 is 1.78 bits per heavy atom. The van der Waals surface area contributed by atoms with Gasteiger partial charge in [0.1, 0.15) is 17.8 Å². The molecule has 3 aromatic rings. The molecule has 8 heteroatoms. The fourth-order valence-electron chi connectivity index (χ4n) is 3.87. The molecule has 194 valence electrons. The number of phenols is 1. The molecule has 0 bridgehead atoms. The summed E-state index contributed by atoms with van der Waals surface area (Å²) in [6.07, 6.45) is 0.689. The molecule has 0 aromatic heterocycles. The van der Waals surface area contributed by atoms with Crippen molar-refractivity contribution in [1.82, 2.24) is 10.6 Å². The van der Waals surface area contributed by atoms with E-state index in [-0.39, 0.29) is 25.2 Å². The average molecular weight is 504 g/mol. The Morgan fingerprint density at radius 1 is 0.730 bits per heavy atom. The van der Waals surface area contributed by atoms with Crippen LogP contribution in [0.2, 0.25) is 0 Å². The average Bonchev–Trinajstić information content (AvgIpc) is 2.90. The third-order valence-electron chi connectivity index (χ3n) is 5.81. The maximum absolute atomic E-state index is 13.4. The second-order valence-electron chi connectivity index (χ2n) is 8.73. The number of esters is 1. The Labute approximate surface area is 216 Å². The van der Waals surface area contributed by atoms with Crippen molar-refractivity contribution in [2.45, 2.75) is 44.3 Å². The van der Waals surface area contributed by atoms with E-state index in [2.05, 4.69) is 10.6 Å². The van der Waals surface area contributed by atoms with E-state index in [9.17, 15) is 19.5 Å². The van der Waals surface area contributed by atoms with E-state index in [0.29, 0.717) is 6.42 Å². The van der Waals surface area contributed by atoms with Gasteiger partial charge in [-0.3, -0.25) is 9.59 Å². The molecule has 0 saturated carbocycles. The number of amides is 2. The van der Waals surface area contributed by atoms with Gasteiger partial charge in [-0.2, -0.15) is 0 Å². The van der Waals surface area contributed by atoms with Crippen molar-refractivity contribution in [2.75, 3.05) is 6.61 Å². The lowest BCUT2D eigenvalue weighted by Gasteiger charge is -2.24. The summed E-state index contributed by atoms with van der Waals surface area (Å²) in [6, 6.07) is 22.2. The molecule has 0 heterocycles. The molecule has 3 aromatic carbocycles. The van der Waals surface area contributed by atoms with E-state index in [1.807, 2.05) is 60.7 Å². The van der Waals surface area contributed by atoms with Gasteiger partial charge in [-0.1, -0.05) is 72.8 Å². The zero-order valence-electron chi connectivity index (χ0n) is 20.8. The monoisotopic (exact) mass is 503 g/mol. The number of hydrogen-bond acceptors (Lipinski definition) is 6. The molecule has 0 spiro atoms. The second kappa shape index (κ2) is 13.8. The lowest BCUT2D eigenvalue weighted by molar-refractivity contribution is -0.147. The van der Waals surface area contributed by atoms with Gasteiger partial charge < -0.3 is 26.2 Å². The molecule has 5 N–H and O–H groups in total. The van der Waals surface area contributed by atoms with Gasteiger partial charge in [0.15, 0.2) is 0 Å². The molecule has 0 saturated heterocycles. The van der Waals surface area contributed by atoms with Gasteiger partial charge in [-0.15, -0.1) is 0 Å². The molecular weight excluding hydrogens is 470 g/mol. The normalized spacial score (nSPS) is 13.1. The first-order valence-electron chi connectivity index (χ1n) is 12.2. The highest BCUT2D eigenvalue weighted by atomic mass is 16.5. The van der Waals surface area contributed by atoms with Crippen molar-refractivity contribution in [2.24, 2.45) is 5.73 Å². The SMILES string of the molecule is CCOC(=O)[C@H](Cc1ccc(O)cc1)NC(=O)[C@H](Cc1ccccc1)NC(=O)[C@@H](N)Cc1ccccc1. The van der Waals surface area contributed by atoms with Gasteiger partial charge in [0, 0.05) is 12.8 Å². The zero-order chi connectivity index (χ0) is 26.6. The van der Waals surface area contributed by atoms with Crippen LogP contribution in [0.15, 0.2) is 84.9 Å². The van der Waals surface area contributed by atoms with Crippen molar-refractivity contribution in [3.8, 4) is 5.75 Å². The van der Waals surface area contributed by atoms with E-state index in [0.717, 1.165) is 16.7 Å². The standard InChI is InChI=1S/C29H33N3O5/c1-2-37-29(36)26(19-22-13-15-23(33)16-14-22)32-28(35)25(18-21-11-7-4-8-12-21)31-27(34)24(30)17-20-9-5-3-6-10-20/h3-16,24-26,33H,2,17-19,30H2,1H3,(H,31,34)(H,32,35)/t24-,25-,26-/m0/s1. The minimum Gasteiger partial charge on any atom is -0.508 e. The summed E-state index contributed by atoms with van der Waals surface area (Å²) in [5.74, 6) is -1.49. The number of carbonyl (C=O) groups excluding carboxylic acids is 3. The molecule has 0 aliphatic carbocycles. The van der Waals surface area contributed by atoms with Crippen LogP contribution in [0.3, 0.4) is 0 Å². The zero-order valence-corrected chi connectivity index (χ0v) is 20.8. The smallest absolute Gasteiger partial charge is 0.328 e. The summed E-state index contributed by atoms with van der Waals surface area (Å²) in [7, 11) is 0. The van der Waals surface area contributed by atoms with Crippen molar-refractivity contribution < 1.29 is 24.2 Å². The van der Waals surface area contributed by atoms with Crippen LogP contribution >= 0.6 is 0 Å². The number of carbonyl (C=O) groups is 3. The van der Waals surface area contributed by atoms with Crippen LogP contribution < -0.4 is 16.4 Å². The Balaban J connectivity index is 1.76. The Bertz CT molecular complexity index is 1150. The van der Waals surface area contributed by atoms with Crippen LogP contribution in [0, 0.1) is 0 Å². The van der Waals surface area contributed by atoms with E-state index in [1.165, 1.54) is 12.1 Å². The van der Waals surface area contributed by atoms with Gasteiger partial charge in [0.2, 0.25) is 11.8 Å². The van der Waals surface area contributed by atoms with E-state index < -0.39 is 35.9 Å². The highest BCUT2D eigenvalue weighted by Gasteiger charge is 2.29. The first-order chi connectivity index (χ1) is 17.9. The highest BCUT2D eigenvalue weighted by molar-refractivity contribution is 5.92. The van der Waals surface area contributed by atoms with Crippen LogP contribution in [0.5, 0.6) is 5.75 Å². The van der Waals surface area contributed by atoms with E-state index in [1.54, 1.807) is 19.1 Å². The number of benzene rings is 3. The highest BCUT2D eigenvalue weighted by Crippen LogP contribution is 2.13. The van der Waals surface area contributed by atoms with Gasteiger partial charge in [-0.25, -0.2) is 4.79 Å². The van der Waals surface area contributed by atoms with Crippen molar-refractivity contribution in [3.05, 3.63) is 102 Å². The molecule has 2 amide bonds. The maximum Gasteiger partial charge on any atom is 0.328 e. The Morgan fingerprint density at radius 2 is 1.22 bits per heavy atom. The molecule has 0 radical (unpaired) electrons. The molecule has 0 aliphatic heterocycles. The van der Waals surface area contributed by atoms with E-state index in [4.69, 9.17) is 10.5 Å². The van der Waals surface area contributed by atoms with Gasteiger partial charge in [0.25, 0.3) is 0 Å². The number of aromatic hydroxyl groups is 1. The summed E-state index contributed by atoms with van der Waals surface area (Å²) in [5.41, 5.74) is 8.63. The third kappa shape index (κ3) is 8.77. The Kier molecular flexibility index (Phi) is 10.2. The second-order valence-corrected chi connectivity index (χ2v) is 8.73. The summed E-state index contributed by atoms with van der Waals surface area (Å²) >= 11 is 0. The molecule has 0 aliphatic rings.